The number of benzene rings is 1. The Hall–Kier alpha value is -1.77. The molecule has 0 aliphatic carbocycles. The van der Waals surface area contributed by atoms with Gasteiger partial charge in [-0.05, 0) is 25.0 Å². The van der Waals surface area contributed by atoms with E-state index in [1.807, 2.05) is 24.3 Å². The van der Waals surface area contributed by atoms with Crippen LogP contribution in [-0.2, 0) is 16.0 Å². The van der Waals surface area contributed by atoms with Crippen molar-refractivity contribution < 1.29 is 9.53 Å². The van der Waals surface area contributed by atoms with Gasteiger partial charge in [-0.15, -0.1) is 0 Å². The summed E-state index contributed by atoms with van der Waals surface area (Å²) in [5.74, 6) is -0.282. The maximum atomic E-state index is 11.2. The molecule has 92 valence electrons. The number of methoxy groups -OCH3 is 1. The van der Waals surface area contributed by atoms with Gasteiger partial charge in [-0.25, -0.2) is 4.79 Å². The minimum absolute atomic E-state index is 0.282. The van der Waals surface area contributed by atoms with E-state index in [1.165, 1.54) is 12.7 Å². The first-order valence-corrected chi connectivity index (χ1v) is 5.75. The van der Waals surface area contributed by atoms with Gasteiger partial charge in [-0.2, -0.15) is 0 Å². The number of nitrogens with one attached hydrogen (secondary N) is 1. The smallest absolute Gasteiger partial charge is 0.333 e. The number of rotatable bonds is 5. The molecule has 0 atom stereocenters. The standard InChI is InChI=1S/C14H19NO2/c1-4-12-7-5-6-8-13(12)15-10-9-11(2)14(16)17-3/h5-9,15H,4,10H2,1-3H3/b11-9-. The molecule has 0 radical (unpaired) electrons. The Morgan fingerprint density at radius 2 is 2.12 bits per heavy atom. The lowest BCUT2D eigenvalue weighted by atomic mass is 10.1. The number of hydrogen-bond acceptors (Lipinski definition) is 3. The van der Waals surface area contributed by atoms with Crippen LogP contribution in [0.2, 0.25) is 0 Å². The Morgan fingerprint density at radius 3 is 2.76 bits per heavy atom. The Kier molecular flexibility index (Phi) is 5.27. The molecule has 0 aliphatic rings. The molecule has 1 N–H and O–H groups in total. The molecule has 0 saturated heterocycles. The lowest BCUT2D eigenvalue weighted by Crippen LogP contribution is -2.06. The summed E-state index contributed by atoms with van der Waals surface area (Å²) in [6.07, 6.45) is 2.82. The molecule has 17 heavy (non-hydrogen) atoms. The number of carbonyl (C=O) groups excluding carboxylic acids is 1. The van der Waals surface area contributed by atoms with Gasteiger partial charge in [-0.3, -0.25) is 0 Å². The second kappa shape index (κ2) is 6.74. The number of hydrogen-bond donors (Lipinski definition) is 1. The summed E-state index contributed by atoms with van der Waals surface area (Å²) in [7, 11) is 1.39. The largest absolute Gasteiger partial charge is 0.466 e. The first-order valence-electron chi connectivity index (χ1n) is 5.75. The highest BCUT2D eigenvalue weighted by Crippen LogP contribution is 2.15. The average Bonchev–Trinajstić information content (AvgIpc) is 2.38. The third kappa shape index (κ3) is 3.94. The van der Waals surface area contributed by atoms with Crippen LogP contribution >= 0.6 is 0 Å². The van der Waals surface area contributed by atoms with Crippen molar-refractivity contribution in [2.45, 2.75) is 20.3 Å². The van der Waals surface area contributed by atoms with Gasteiger partial charge < -0.3 is 10.1 Å². The summed E-state index contributed by atoms with van der Waals surface area (Å²) < 4.78 is 4.62. The zero-order valence-electron chi connectivity index (χ0n) is 10.6. The molecule has 0 aromatic heterocycles. The molecular weight excluding hydrogens is 214 g/mol. The van der Waals surface area contributed by atoms with Crippen LogP contribution < -0.4 is 5.32 Å². The highest BCUT2D eigenvalue weighted by Gasteiger charge is 2.02. The molecule has 0 bridgehead atoms. The van der Waals surface area contributed by atoms with Crippen molar-refractivity contribution in [1.82, 2.24) is 0 Å². The average molecular weight is 233 g/mol. The van der Waals surface area contributed by atoms with E-state index in [2.05, 4.69) is 23.0 Å². The van der Waals surface area contributed by atoms with E-state index in [1.54, 1.807) is 6.92 Å². The molecule has 1 aromatic rings. The molecule has 0 spiro atoms. The third-order valence-corrected chi connectivity index (χ3v) is 2.61. The van der Waals surface area contributed by atoms with Crippen LogP contribution in [0.5, 0.6) is 0 Å². The summed E-state index contributed by atoms with van der Waals surface area (Å²) in [6.45, 7) is 4.49. The van der Waals surface area contributed by atoms with Crippen molar-refractivity contribution >= 4 is 11.7 Å². The maximum Gasteiger partial charge on any atom is 0.333 e. The van der Waals surface area contributed by atoms with Gasteiger partial charge >= 0.3 is 5.97 Å². The highest BCUT2D eigenvalue weighted by molar-refractivity contribution is 5.87. The molecule has 0 fully saturated rings. The van der Waals surface area contributed by atoms with E-state index in [4.69, 9.17) is 0 Å². The molecule has 0 saturated carbocycles. The van der Waals surface area contributed by atoms with Gasteiger partial charge in [0, 0.05) is 17.8 Å². The van der Waals surface area contributed by atoms with Crippen molar-refractivity contribution in [2.24, 2.45) is 0 Å². The first kappa shape index (κ1) is 13.3. The number of carbonyl (C=O) groups is 1. The molecule has 1 rings (SSSR count). The molecule has 3 heteroatoms. The van der Waals surface area contributed by atoms with Crippen molar-refractivity contribution in [3.8, 4) is 0 Å². The lowest BCUT2D eigenvalue weighted by molar-refractivity contribution is -0.136. The van der Waals surface area contributed by atoms with Crippen LogP contribution in [0.15, 0.2) is 35.9 Å². The first-order chi connectivity index (χ1) is 8.19. The summed E-state index contributed by atoms with van der Waals surface area (Å²) in [5.41, 5.74) is 3.01. The number of ether oxygens (including phenoxy) is 1. The van der Waals surface area contributed by atoms with Gasteiger partial charge in [-0.1, -0.05) is 31.2 Å². The molecule has 3 nitrogen and oxygen atoms in total. The lowest BCUT2D eigenvalue weighted by Gasteiger charge is -2.09. The zero-order valence-corrected chi connectivity index (χ0v) is 10.6. The second-order valence-corrected chi connectivity index (χ2v) is 3.77. The minimum Gasteiger partial charge on any atom is -0.466 e. The fourth-order valence-corrected chi connectivity index (χ4v) is 1.56. The van der Waals surface area contributed by atoms with Crippen molar-refractivity contribution in [3.63, 3.8) is 0 Å². The molecule has 1 aromatic carbocycles. The number of anilines is 1. The topological polar surface area (TPSA) is 38.3 Å². The zero-order chi connectivity index (χ0) is 12.7. The van der Waals surface area contributed by atoms with E-state index >= 15 is 0 Å². The summed E-state index contributed by atoms with van der Waals surface area (Å²) >= 11 is 0. The Labute approximate surface area is 102 Å². The van der Waals surface area contributed by atoms with Crippen LogP contribution in [0.1, 0.15) is 19.4 Å². The van der Waals surface area contributed by atoms with Gasteiger partial charge in [0.1, 0.15) is 0 Å². The minimum atomic E-state index is -0.282. The third-order valence-electron chi connectivity index (χ3n) is 2.61. The van der Waals surface area contributed by atoms with Crippen LogP contribution in [-0.4, -0.2) is 19.6 Å². The van der Waals surface area contributed by atoms with Crippen molar-refractivity contribution in [3.05, 3.63) is 41.5 Å². The quantitative estimate of drug-likeness (QED) is 0.627. The maximum absolute atomic E-state index is 11.2. The van der Waals surface area contributed by atoms with Gasteiger partial charge in [0.2, 0.25) is 0 Å². The van der Waals surface area contributed by atoms with Crippen LogP contribution in [0.4, 0.5) is 5.69 Å². The fourth-order valence-electron chi connectivity index (χ4n) is 1.56. The van der Waals surface area contributed by atoms with E-state index in [9.17, 15) is 4.79 Å². The van der Waals surface area contributed by atoms with Crippen molar-refractivity contribution in [2.75, 3.05) is 19.0 Å². The van der Waals surface area contributed by atoms with E-state index < -0.39 is 0 Å². The highest BCUT2D eigenvalue weighted by atomic mass is 16.5. The molecule has 0 unspecified atom stereocenters. The summed E-state index contributed by atoms with van der Waals surface area (Å²) in [6, 6.07) is 8.16. The second-order valence-electron chi connectivity index (χ2n) is 3.77. The van der Waals surface area contributed by atoms with E-state index in [-0.39, 0.29) is 5.97 Å². The molecule has 0 amide bonds. The van der Waals surface area contributed by atoms with Crippen LogP contribution in [0, 0.1) is 0 Å². The van der Waals surface area contributed by atoms with E-state index in [0.29, 0.717) is 12.1 Å². The predicted octanol–water partition coefficient (Wildman–Crippen LogP) is 2.78. The summed E-state index contributed by atoms with van der Waals surface area (Å²) in [4.78, 5) is 11.2. The van der Waals surface area contributed by atoms with Crippen LogP contribution in [0.3, 0.4) is 0 Å². The van der Waals surface area contributed by atoms with E-state index in [0.717, 1.165) is 12.1 Å². The Bertz CT molecular complexity index is 410. The van der Waals surface area contributed by atoms with Crippen LogP contribution in [0.25, 0.3) is 0 Å². The Morgan fingerprint density at radius 1 is 1.41 bits per heavy atom. The molecular formula is C14H19NO2. The number of aryl methyl sites for hydroxylation is 1. The number of para-hydroxylation sites is 1. The summed E-state index contributed by atoms with van der Waals surface area (Å²) in [5, 5.41) is 3.29. The van der Waals surface area contributed by atoms with Gasteiger partial charge in [0.15, 0.2) is 0 Å². The van der Waals surface area contributed by atoms with Gasteiger partial charge in [0.05, 0.1) is 7.11 Å². The fraction of sp³-hybridized carbons (Fsp3) is 0.357. The predicted molar refractivity (Wildman–Crippen MR) is 70.1 cm³/mol. The number of esters is 1. The van der Waals surface area contributed by atoms with Gasteiger partial charge in [0.25, 0.3) is 0 Å². The SMILES string of the molecule is CCc1ccccc1NC/C=C(/C)C(=O)OC. The normalized spacial score (nSPS) is 11.1. The molecule has 0 heterocycles. The molecule has 0 aliphatic heterocycles. The monoisotopic (exact) mass is 233 g/mol. The van der Waals surface area contributed by atoms with Crippen molar-refractivity contribution in [1.29, 1.82) is 0 Å². The Balaban J connectivity index is 2.59.